The third kappa shape index (κ3) is 1.94. The summed E-state index contributed by atoms with van der Waals surface area (Å²) >= 11 is 5.89. The van der Waals surface area contributed by atoms with Crippen molar-refractivity contribution < 1.29 is 4.79 Å². The normalized spacial score (nSPS) is 18.4. The number of halogens is 1. The maximum atomic E-state index is 12.0. The molecular weight excluding hydrogens is 258 g/mol. The van der Waals surface area contributed by atoms with Crippen LogP contribution in [0, 0.1) is 0 Å². The summed E-state index contributed by atoms with van der Waals surface area (Å²) < 4.78 is 0. The van der Waals surface area contributed by atoms with Crippen LogP contribution in [0.5, 0.6) is 0 Å². The van der Waals surface area contributed by atoms with Crippen molar-refractivity contribution in [2.45, 2.75) is 6.04 Å². The molecule has 3 rings (SSSR count). The highest BCUT2D eigenvalue weighted by molar-refractivity contribution is 6.30. The molecule has 0 radical (unpaired) electrons. The Bertz CT molecular complexity index is 634. The van der Waals surface area contributed by atoms with Crippen molar-refractivity contribution >= 4 is 23.2 Å². The maximum Gasteiger partial charge on any atom is 0.256 e. The van der Waals surface area contributed by atoms with Gasteiger partial charge >= 0.3 is 0 Å². The molecule has 2 aromatic carbocycles. The molecule has 1 saturated heterocycles. The van der Waals surface area contributed by atoms with E-state index in [4.69, 9.17) is 11.6 Å². The van der Waals surface area contributed by atoms with Gasteiger partial charge in [-0.15, -0.1) is 0 Å². The van der Waals surface area contributed by atoms with Crippen molar-refractivity contribution in [3.63, 3.8) is 0 Å². The number of hydrogen-bond donors (Lipinski definition) is 0. The van der Waals surface area contributed by atoms with Crippen molar-refractivity contribution in [1.82, 2.24) is 0 Å². The Morgan fingerprint density at radius 2 is 1.63 bits per heavy atom. The van der Waals surface area contributed by atoms with Crippen molar-refractivity contribution in [1.29, 1.82) is 0 Å². The molecule has 1 amide bonds. The van der Waals surface area contributed by atoms with Gasteiger partial charge in [0, 0.05) is 16.3 Å². The minimum atomic E-state index is -0.0906. The molecule has 0 spiro atoms. The van der Waals surface area contributed by atoms with Gasteiger partial charge in [0.2, 0.25) is 0 Å². The fourth-order valence-corrected chi connectivity index (χ4v) is 2.45. The van der Waals surface area contributed by atoms with Gasteiger partial charge in [0.15, 0.2) is 0 Å². The molecule has 19 heavy (non-hydrogen) atoms. The van der Waals surface area contributed by atoms with E-state index in [1.807, 2.05) is 54.6 Å². The molecule has 0 saturated carbocycles. The fourth-order valence-electron chi connectivity index (χ4n) is 2.33. The summed E-state index contributed by atoms with van der Waals surface area (Å²) in [6, 6.07) is 17.0. The van der Waals surface area contributed by atoms with E-state index in [0.717, 1.165) is 11.3 Å². The van der Waals surface area contributed by atoms with Crippen molar-refractivity contribution in [3.05, 3.63) is 77.3 Å². The number of carbonyl (C=O) groups excluding carboxylic acids is 1. The van der Waals surface area contributed by atoms with Gasteiger partial charge in [0.25, 0.3) is 5.91 Å². The Hall–Kier alpha value is -2.06. The van der Waals surface area contributed by atoms with E-state index in [0.29, 0.717) is 10.6 Å². The van der Waals surface area contributed by atoms with Crippen molar-refractivity contribution in [2.24, 2.45) is 0 Å². The first-order valence-corrected chi connectivity index (χ1v) is 6.39. The average Bonchev–Trinajstić information content (AvgIpc) is 2.46. The van der Waals surface area contributed by atoms with Crippen LogP contribution in [0.3, 0.4) is 0 Å². The Kier molecular flexibility index (Phi) is 2.88. The van der Waals surface area contributed by atoms with Crippen LogP contribution in [0.4, 0.5) is 5.69 Å². The Morgan fingerprint density at radius 1 is 1.00 bits per heavy atom. The van der Waals surface area contributed by atoms with Gasteiger partial charge < -0.3 is 0 Å². The van der Waals surface area contributed by atoms with Crippen LogP contribution in [0.2, 0.25) is 5.02 Å². The summed E-state index contributed by atoms with van der Waals surface area (Å²) in [5.41, 5.74) is 2.53. The quantitative estimate of drug-likeness (QED) is 0.596. The summed E-state index contributed by atoms with van der Waals surface area (Å²) in [5, 5.41) is 0.686. The second-order valence-corrected chi connectivity index (χ2v) is 4.93. The second-order valence-electron chi connectivity index (χ2n) is 4.49. The fraction of sp³-hybridized carbons (Fsp3) is 0.0625. The number of amides is 1. The number of nitrogens with zero attached hydrogens (tertiary/aromatic N) is 1. The molecule has 1 aliphatic heterocycles. The predicted molar refractivity (Wildman–Crippen MR) is 77.3 cm³/mol. The summed E-state index contributed by atoms with van der Waals surface area (Å²) in [6.07, 6.45) is 0. The highest BCUT2D eigenvalue weighted by atomic mass is 35.5. The molecule has 1 aliphatic rings. The molecule has 0 aromatic heterocycles. The van der Waals surface area contributed by atoms with Crippen molar-refractivity contribution in [3.8, 4) is 0 Å². The van der Waals surface area contributed by atoms with Gasteiger partial charge in [0.1, 0.15) is 0 Å². The standard InChI is InChI=1S/C16H12ClNO/c1-11-15(12-7-9-13(17)10-8-12)18(16(11)19)14-5-3-2-4-6-14/h2-10,15H,1H2/t15-/m1/s1. The summed E-state index contributed by atoms with van der Waals surface area (Å²) in [6.45, 7) is 3.87. The van der Waals surface area contributed by atoms with E-state index in [1.165, 1.54) is 0 Å². The SMILES string of the molecule is C=C1C(=O)N(c2ccccc2)[C@H]1c1ccc(Cl)cc1. The van der Waals surface area contributed by atoms with Crippen molar-refractivity contribution in [2.75, 3.05) is 4.90 Å². The van der Waals surface area contributed by atoms with Crippen LogP contribution in [0.1, 0.15) is 11.6 Å². The first-order valence-electron chi connectivity index (χ1n) is 6.01. The highest BCUT2D eigenvalue weighted by Gasteiger charge is 2.42. The molecule has 2 aromatic rings. The number of anilines is 1. The predicted octanol–water partition coefficient (Wildman–Crippen LogP) is 3.98. The first kappa shape index (κ1) is 12.0. The lowest BCUT2D eigenvalue weighted by Gasteiger charge is -2.42. The van der Waals surface area contributed by atoms with Gasteiger partial charge in [-0.1, -0.05) is 48.5 Å². The monoisotopic (exact) mass is 269 g/mol. The number of β-lactam (4-membered cyclic amide) rings is 1. The van der Waals surface area contributed by atoms with Crippen LogP contribution in [-0.2, 0) is 4.79 Å². The van der Waals surface area contributed by atoms with Crippen LogP contribution in [-0.4, -0.2) is 5.91 Å². The maximum absolute atomic E-state index is 12.0. The summed E-state index contributed by atoms with van der Waals surface area (Å²) in [4.78, 5) is 13.8. The zero-order valence-electron chi connectivity index (χ0n) is 10.2. The minimum Gasteiger partial charge on any atom is -0.297 e. The number of carbonyl (C=O) groups is 1. The first-order chi connectivity index (χ1) is 9.18. The topological polar surface area (TPSA) is 20.3 Å². The van der Waals surface area contributed by atoms with E-state index in [9.17, 15) is 4.79 Å². The number of rotatable bonds is 2. The Labute approximate surface area is 116 Å². The lowest BCUT2D eigenvalue weighted by atomic mass is 9.88. The molecule has 0 unspecified atom stereocenters. The van der Waals surface area contributed by atoms with Crippen LogP contribution >= 0.6 is 11.6 Å². The van der Waals surface area contributed by atoms with E-state index in [-0.39, 0.29) is 11.9 Å². The highest BCUT2D eigenvalue weighted by Crippen LogP contribution is 2.42. The second kappa shape index (κ2) is 4.56. The van der Waals surface area contributed by atoms with Crippen LogP contribution in [0.25, 0.3) is 0 Å². The lowest BCUT2D eigenvalue weighted by Crippen LogP contribution is -2.48. The molecule has 3 heteroatoms. The van der Waals surface area contributed by atoms with Gasteiger partial charge in [-0.05, 0) is 29.8 Å². The van der Waals surface area contributed by atoms with E-state index < -0.39 is 0 Å². The molecule has 1 atom stereocenters. The zero-order valence-corrected chi connectivity index (χ0v) is 11.0. The molecule has 1 heterocycles. The molecule has 1 fully saturated rings. The summed E-state index contributed by atoms with van der Waals surface area (Å²) in [7, 11) is 0. The van der Waals surface area contributed by atoms with E-state index in [1.54, 1.807) is 4.90 Å². The molecular formula is C16H12ClNO. The third-order valence-electron chi connectivity index (χ3n) is 3.30. The zero-order chi connectivity index (χ0) is 13.4. The molecule has 2 nitrogen and oxygen atoms in total. The molecule has 0 N–H and O–H groups in total. The molecule has 94 valence electrons. The van der Waals surface area contributed by atoms with E-state index >= 15 is 0 Å². The number of hydrogen-bond acceptors (Lipinski definition) is 1. The van der Waals surface area contributed by atoms with Gasteiger partial charge in [-0.25, -0.2) is 0 Å². The van der Waals surface area contributed by atoms with Crippen LogP contribution in [0.15, 0.2) is 66.7 Å². The average molecular weight is 270 g/mol. The largest absolute Gasteiger partial charge is 0.297 e. The van der Waals surface area contributed by atoms with Gasteiger partial charge in [-0.2, -0.15) is 0 Å². The molecule has 0 bridgehead atoms. The van der Waals surface area contributed by atoms with Gasteiger partial charge in [-0.3, -0.25) is 9.69 Å². The lowest BCUT2D eigenvalue weighted by molar-refractivity contribution is -0.118. The smallest absolute Gasteiger partial charge is 0.256 e. The van der Waals surface area contributed by atoms with Crippen LogP contribution < -0.4 is 4.90 Å². The van der Waals surface area contributed by atoms with E-state index in [2.05, 4.69) is 6.58 Å². The Morgan fingerprint density at radius 3 is 2.26 bits per heavy atom. The number of benzene rings is 2. The third-order valence-corrected chi connectivity index (χ3v) is 3.55. The molecule has 0 aliphatic carbocycles. The Balaban J connectivity index is 1.98. The minimum absolute atomic E-state index is 0.0221. The van der Waals surface area contributed by atoms with Gasteiger partial charge in [0.05, 0.1) is 6.04 Å². The summed E-state index contributed by atoms with van der Waals surface area (Å²) in [5.74, 6) is -0.0221. The number of para-hydroxylation sites is 1.